The summed E-state index contributed by atoms with van der Waals surface area (Å²) in [5, 5.41) is 2.07. The third-order valence-electron chi connectivity index (χ3n) is 3.56. The molecule has 0 unspecified atom stereocenters. The zero-order valence-electron chi connectivity index (χ0n) is 13.4. The van der Waals surface area contributed by atoms with E-state index < -0.39 is 0 Å². The van der Waals surface area contributed by atoms with Crippen molar-refractivity contribution < 1.29 is 9.47 Å². The molecule has 5 heteroatoms. The maximum absolute atomic E-state index is 5.36. The van der Waals surface area contributed by atoms with Crippen molar-refractivity contribution >= 4 is 22.7 Å². The molecule has 0 radical (unpaired) electrons. The molecule has 0 aliphatic carbocycles. The first-order chi connectivity index (χ1) is 11.2. The van der Waals surface area contributed by atoms with Gasteiger partial charge in [-0.1, -0.05) is 6.07 Å². The predicted molar refractivity (Wildman–Crippen MR) is 93.4 cm³/mol. The molecule has 0 aliphatic rings. The van der Waals surface area contributed by atoms with E-state index in [-0.39, 0.29) is 0 Å². The van der Waals surface area contributed by atoms with Crippen molar-refractivity contribution in [3.63, 3.8) is 0 Å². The third kappa shape index (κ3) is 3.40. The van der Waals surface area contributed by atoms with Gasteiger partial charge in [0, 0.05) is 29.6 Å². The number of fused-ring (bicyclic) bond motifs is 1. The summed E-state index contributed by atoms with van der Waals surface area (Å²) in [5.74, 6) is 2.26. The summed E-state index contributed by atoms with van der Waals surface area (Å²) < 4.78 is 10.7. The van der Waals surface area contributed by atoms with Crippen LogP contribution in [0.15, 0.2) is 47.8 Å². The molecule has 0 bridgehead atoms. The molecule has 0 spiro atoms. The minimum absolute atomic E-state index is 0.694. The Morgan fingerprint density at radius 1 is 1.09 bits per heavy atom. The molecule has 1 aromatic carbocycles. The summed E-state index contributed by atoms with van der Waals surface area (Å²) in [7, 11) is 3.28. The lowest BCUT2D eigenvalue weighted by Crippen LogP contribution is -1.94. The molecule has 3 rings (SSSR count). The van der Waals surface area contributed by atoms with E-state index >= 15 is 0 Å². The number of thioether (sulfide) groups is 1. The summed E-state index contributed by atoms with van der Waals surface area (Å²) in [6.07, 6.45) is 3.67. The minimum Gasteiger partial charge on any atom is -0.493 e. The van der Waals surface area contributed by atoms with Gasteiger partial charge in [-0.15, -0.1) is 11.8 Å². The van der Waals surface area contributed by atoms with Crippen LogP contribution in [-0.4, -0.2) is 24.2 Å². The average molecular weight is 326 g/mol. The average Bonchev–Trinajstić information content (AvgIpc) is 2.59. The van der Waals surface area contributed by atoms with Crippen LogP contribution < -0.4 is 9.47 Å². The van der Waals surface area contributed by atoms with E-state index in [4.69, 9.17) is 14.5 Å². The Labute approximate surface area is 139 Å². The fourth-order valence-corrected chi connectivity index (χ4v) is 3.29. The molecule has 0 fully saturated rings. The molecule has 2 aromatic heterocycles. The van der Waals surface area contributed by atoms with E-state index in [1.807, 2.05) is 24.4 Å². The fraction of sp³-hybridized carbons (Fsp3) is 0.222. The largest absolute Gasteiger partial charge is 0.493 e. The van der Waals surface area contributed by atoms with Crippen LogP contribution in [0, 0.1) is 6.92 Å². The molecule has 0 atom stereocenters. The Bertz CT molecular complexity index is 822. The Balaban J connectivity index is 1.93. The maximum Gasteiger partial charge on any atom is 0.162 e. The second-order valence-electron chi connectivity index (χ2n) is 5.16. The number of rotatable bonds is 5. The van der Waals surface area contributed by atoms with Crippen molar-refractivity contribution in [2.75, 3.05) is 14.2 Å². The van der Waals surface area contributed by atoms with Crippen LogP contribution in [0.25, 0.3) is 10.9 Å². The highest BCUT2D eigenvalue weighted by atomic mass is 32.2. The number of ether oxygens (including phenoxy) is 2. The van der Waals surface area contributed by atoms with Gasteiger partial charge in [0.2, 0.25) is 0 Å². The van der Waals surface area contributed by atoms with E-state index in [0.717, 1.165) is 33.0 Å². The van der Waals surface area contributed by atoms with Gasteiger partial charge in [-0.25, -0.2) is 4.98 Å². The summed E-state index contributed by atoms with van der Waals surface area (Å²) >= 11 is 1.72. The van der Waals surface area contributed by atoms with E-state index in [2.05, 4.69) is 24.0 Å². The lowest BCUT2D eigenvalue weighted by molar-refractivity contribution is 0.356. The molecular weight excluding hydrogens is 308 g/mol. The first-order valence-electron chi connectivity index (χ1n) is 7.26. The van der Waals surface area contributed by atoms with Crippen LogP contribution in [-0.2, 0) is 5.75 Å². The highest BCUT2D eigenvalue weighted by molar-refractivity contribution is 7.98. The van der Waals surface area contributed by atoms with Crippen LogP contribution in [0.2, 0.25) is 0 Å². The number of pyridine rings is 2. The van der Waals surface area contributed by atoms with Crippen molar-refractivity contribution in [1.82, 2.24) is 9.97 Å². The quantitative estimate of drug-likeness (QED) is 0.656. The molecule has 0 saturated carbocycles. The second kappa shape index (κ2) is 6.87. The molecule has 0 aliphatic heterocycles. The first-order valence-corrected chi connectivity index (χ1v) is 8.25. The minimum atomic E-state index is 0.694. The van der Waals surface area contributed by atoms with Gasteiger partial charge in [-0.05, 0) is 36.2 Å². The van der Waals surface area contributed by atoms with Gasteiger partial charge >= 0.3 is 0 Å². The van der Waals surface area contributed by atoms with Gasteiger partial charge in [-0.3, -0.25) is 4.98 Å². The Morgan fingerprint density at radius 3 is 2.57 bits per heavy atom. The first kappa shape index (κ1) is 15.6. The topological polar surface area (TPSA) is 44.2 Å². The van der Waals surface area contributed by atoms with E-state index in [1.54, 1.807) is 32.2 Å². The van der Waals surface area contributed by atoms with E-state index in [1.165, 1.54) is 5.56 Å². The normalized spacial score (nSPS) is 10.7. The van der Waals surface area contributed by atoms with Gasteiger partial charge in [0.15, 0.2) is 11.5 Å². The maximum atomic E-state index is 5.36. The van der Waals surface area contributed by atoms with Crippen LogP contribution in [0.3, 0.4) is 0 Å². The number of aryl methyl sites for hydroxylation is 1. The number of hydrogen-bond donors (Lipinski definition) is 0. The predicted octanol–water partition coefficient (Wildman–Crippen LogP) is 4.25. The Kier molecular flexibility index (Phi) is 4.67. The molecular formula is C18H18N2O2S. The Morgan fingerprint density at radius 2 is 1.87 bits per heavy atom. The zero-order chi connectivity index (χ0) is 16.2. The summed E-state index contributed by atoms with van der Waals surface area (Å²) in [6, 6.07) is 10.0. The summed E-state index contributed by atoms with van der Waals surface area (Å²) in [5.41, 5.74) is 3.24. The lowest BCUT2D eigenvalue weighted by Gasteiger charge is -2.11. The van der Waals surface area contributed by atoms with E-state index in [0.29, 0.717) is 5.75 Å². The third-order valence-corrected chi connectivity index (χ3v) is 4.73. The number of hydrogen-bond acceptors (Lipinski definition) is 5. The van der Waals surface area contributed by atoms with Gasteiger partial charge in [0.25, 0.3) is 0 Å². The number of aromatic nitrogens is 2. The lowest BCUT2D eigenvalue weighted by atomic mass is 10.1. The van der Waals surface area contributed by atoms with Crippen LogP contribution in [0.4, 0.5) is 0 Å². The molecule has 0 amide bonds. The SMILES string of the molecule is COc1cc2cc(C)c(SCc3cccnc3)nc2cc1OC. The summed E-state index contributed by atoms with van der Waals surface area (Å²) in [6.45, 7) is 2.08. The van der Waals surface area contributed by atoms with Gasteiger partial charge in [-0.2, -0.15) is 0 Å². The smallest absolute Gasteiger partial charge is 0.162 e. The molecule has 0 N–H and O–H groups in total. The van der Waals surface area contributed by atoms with Gasteiger partial charge in [0.05, 0.1) is 24.8 Å². The number of nitrogens with zero attached hydrogens (tertiary/aromatic N) is 2. The van der Waals surface area contributed by atoms with E-state index in [9.17, 15) is 0 Å². The van der Waals surface area contributed by atoms with Crippen molar-refractivity contribution in [1.29, 1.82) is 0 Å². The zero-order valence-corrected chi connectivity index (χ0v) is 14.2. The molecule has 3 aromatic rings. The standard InChI is InChI=1S/C18H18N2O2S/c1-12-7-14-8-16(21-2)17(22-3)9-15(14)20-18(12)23-11-13-5-4-6-19-10-13/h4-10H,11H2,1-3H3. The van der Waals surface area contributed by atoms with Gasteiger partial charge < -0.3 is 9.47 Å². The van der Waals surface area contributed by atoms with Gasteiger partial charge in [0.1, 0.15) is 0 Å². The fourth-order valence-electron chi connectivity index (χ4n) is 2.37. The van der Waals surface area contributed by atoms with Crippen molar-refractivity contribution in [3.05, 3.63) is 53.9 Å². The Hall–Kier alpha value is -2.27. The van der Waals surface area contributed by atoms with Crippen LogP contribution >= 0.6 is 11.8 Å². The molecule has 4 nitrogen and oxygen atoms in total. The van der Waals surface area contributed by atoms with Crippen LogP contribution in [0.5, 0.6) is 11.5 Å². The highest BCUT2D eigenvalue weighted by Crippen LogP contribution is 2.34. The van der Waals surface area contributed by atoms with Crippen molar-refractivity contribution in [2.45, 2.75) is 17.7 Å². The molecule has 0 saturated heterocycles. The van der Waals surface area contributed by atoms with Crippen molar-refractivity contribution in [3.8, 4) is 11.5 Å². The number of methoxy groups -OCH3 is 2. The molecule has 23 heavy (non-hydrogen) atoms. The molecule has 2 heterocycles. The summed E-state index contributed by atoms with van der Waals surface area (Å²) in [4.78, 5) is 8.93. The highest BCUT2D eigenvalue weighted by Gasteiger charge is 2.10. The number of benzene rings is 1. The van der Waals surface area contributed by atoms with Crippen LogP contribution in [0.1, 0.15) is 11.1 Å². The molecule has 118 valence electrons. The van der Waals surface area contributed by atoms with Crippen molar-refractivity contribution in [2.24, 2.45) is 0 Å². The second-order valence-corrected chi connectivity index (χ2v) is 6.12. The monoisotopic (exact) mass is 326 g/mol.